The number of ether oxygens (including phenoxy) is 1. The quantitative estimate of drug-likeness (QED) is 0.809. The zero-order chi connectivity index (χ0) is 16.9. The lowest BCUT2D eigenvalue weighted by atomic mass is 9.93. The van der Waals surface area contributed by atoms with Gasteiger partial charge < -0.3 is 15.2 Å². The number of rotatable bonds is 7. The number of carbonyl (C=O) groups is 2. The van der Waals surface area contributed by atoms with E-state index < -0.39 is 11.5 Å². The first-order chi connectivity index (χ1) is 10.9. The van der Waals surface area contributed by atoms with Crippen molar-refractivity contribution in [2.75, 3.05) is 13.2 Å². The van der Waals surface area contributed by atoms with E-state index in [2.05, 4.69) is 31.3 Å². The van der Waals surface area contributed by atoms with Crippen LogP contribution in [0.15, 0.2) is 24.3 Å². The zero-order valence-electron chi connectivity index (χ0n) is 13.8. The van der Waals surface area contributed by atoms with Gasteiger partial charge in [0.25, 0.3) is 0 Å². The van der Waals surface area contributed by atoms with Gasteiger partial charge in [-0.1, -0.05) is 38.1 Å². The minimum atomic E-state index is -0.917. The van der Waals surface area contributed by atoms with Crippen molar-refractivity contribution < 1.29 is 19.4 Å². The number of carboxylic acids is 1. The lowest BCUT2D eigenvalue weighted by molar-refractivity contribution is -0.139. The molecular formula is C18H25NO4. The molecule has 1 aliphatic heterocycles. The third-order valence-electron chi connectivity index (χ3n) is 4.28. The second-order valence-electron chi connectivity index (χ2n) is 6.60. The van der Waals surface area contributed by atoms with Gasteiger partial charge in [0.2, 0.25) is 5.91 Å². The lowest BCUT2D eigenvalue weighted by Gasteiger charge is -2.27. The van der Waals surface area contributed by atoms with Crippen LogP contribution >= 0.6 is 0 Å². The molecule has 0 bridgehead atoms. The van der Waals surface area contributed by atoms with Crippen LogP contribution in [0.3, 0.4) is 0 Å². The number of carboxylic acid groups (broad SMARTS) is 1. The Hall–Kier alpha value is -1.88. The van der Waals surface area contributed by atoms with E-state index >= 15 is 0 Å². The summed E-state index contributed by atoms with van der Waals surface area (Å²) in [6.07, 6.45) is 1.45. The molecule has 1 fully saturated rings. The number of benzene rings is 1. The largest absolute Gasteiger partial charge is 0.481 e. The maximum Gasteiger partial charge on any atom is 0.305 e. The molecule has 0 aromatic heterocycles. The Bertz CT molecular complexity index is 545. The van der Waals surface area contributed by atoms with Crippen LogP contribution in [0, 0.1) is 0 Å². The van der Waals surface area contributed by atoms with E-state index in [1.807, 2.05) is 12.1 Å². The van der Waals surface area contributed by atoms with Crippen LogP contribution in [-0.2, 0) is 20.7 Å². The first-order valence-electron chi connectivity index (χ1n) is 8.10. The highest BCUT2D eigenvalue weighted by molar-refractivity contribution is 5.78. The fraction of sp³-hybridized carbons (Fsp3) is 0.556. The minimum absolute atomic E-state index is 0.0954. The molecule has 5 heteroatoms. The van der Waals surface area contributed by atoms with Crippen molar-refractivity contribution >= 4 is 11.9 Å². The van der Waals surface area contributed by atoms with Crippen molar-refractivity contribution in [2.24, 2.45) is 0 Å². The molecule has 0 radical (unpaired) electrons. The Labute approximate surface area is 137 Å². The van der Waals surface area contributed by atoms with Crippen molar-refractivity contribution in [3.8, 4) is 0 Å². The molecule has 1 saturated heterocycles. The summed E-state index contributed by atoms with van der Waals surface area (Å²) < 4.78 is 5.28. The van der Waals surface area contributed by atoms with Crippen LogP contribution < -0.4 is 5.32 Å². The Kier molecular flexibility index (Phi) is 5.77. The average molecular weight is 319 g/mol. The van der Waals surface area contributed by atoms with E-state index in [4.69, 9.17) is 9.84 Å². The normalized spacial score (nSPS) is 20.7. The number of amides is 1. The monoisotopic (exact) mass is 319 g/mol. The second kappa shape index (κ2) is 7.59. The molecule has 23 heavy (non-hydrogen) atoms. The Balaban J connectivity index is 1.87. The predicted octanol–water partition coefficient (Wildman–Crippen LogP) is 2.49. The molecule has 1 aliphatic rings. The molecule has 1 amide bonds. The fourth-order valence-electron chi connectivity index (χ4n) is 2.86. The van der Waals surface area contributed by atoms with E-state index in [-0.39, 0.29) is 18.9 Å². The molecule has 0 aliphatic carbocycles. The summed E-state index contributed by atoms with van der Waals surface area (Å²) in [5.41, 5.74) is 1.64. The summed E-state index contributed by atoms with van der Waals surface area (Å²) in [5.74, 6) is -0.546. The number of hydrogen-bond donors (Lipinski definition) is 2. The highest BCUT2D eigenvalue weighted by atomic mass is 16.5. The zero-order valence-corrected chi connectivity index (χ0v) is 13.8. The van der Waals surface area contributed by atoms with E-state index in [0.29, 0.717) is 31.8 Å². The number of nitrogens with one attached hydrogen (secondary N) is 1. The molecule has 2 N–H and O–H groups in total. The van der Waals surface area contributed by atoms with Crippen molar-refractivity contribution in [3.05, 3.63) is 35.4 Å². The first-order valence-corrected chi connectivity index (χ1v) is 8.10. The topological polar surface area (TPSA) is 75.6 Å². The number of hydrogen-bond acceptors (Lipinski definition) is 3. The molecule has 0 spiro atoms. The van der Waals surface area contributed by atoms with Gasteiger partial charge in [-0.15, -0.1) is 0 Å². The Morgan fingerprint density at radius 3 is 2.52 bits per heavy atom. The van der Waals surface area contributed by atoms with Gasteiger partial charge in [-0.3, -0.25) is 9.59 Å². The van der Waals surface area contributed by atoms with Crippen molar-refractivity contribution in [1.29, 1.82) is 0 Å². The highest BCUT2D eigenvalue weighted by Crippen LogP contribution is 2.23. The smallest absolute Gasteiger partial charge is 0.305 e. The molecule has 0 saturated carbocycles. The summed E-state index contributed by atoms with van der Waals surface area (Å²) >= 11 is 0. The van der Waals surface area contributed by atoms with Gasteiger partial charge in [0.1, 0.15) is 0 Å². The molecule has 1 atom stereocenters. The second-order valence-corrected chi connectivity index (χ2v) is 6.60. The van der Waals surface area contributed by atoms with Gasteiger partial charge in [-0.2, -0.15) is 0 Å². The van der Waals surface area contributed by atoms with Gasteiger partial charge >= 0.3 is 5.97 Å². The third kappa shape index (κ3) is 5.06. The highest BCUT2D eigenvalue weighted by Gasteiger charge is 2.38. The number of aryl methyl sites for hydroxylation is 1. The molecule has 1 aromatic rings. The van der Waals surface area contributed by atoms with Crippen LogP contribution in [0.4, 0.5) is 0 Å². The fourth-order valence-corrected chi connectivity index (χ4v) is 2.86. The molecule has 126 valence electrons. The van der Waals surface area contributed by atoms with Gasteiger partial charge in [0.05, 0.1) is 18.6 Å². The SMILES string of the molecule is CC(C)c1ccc(CCC(=O)NC2(CC(=O)O)CCOC2)cc1. The number of carbonyl (C=O) groups excluding carboxylic acids is 1. The van der Waals surface area contributed by atoms with Crippen LogP contribution in [0.25, 0.3) is 0 Å². The summed E-state index contributed by atoms with van der Waals surface area (Å²) in [6, 6.07) is 8.28. The molecule has 1 heterocycles. The lowest BCUT2D eigenvalue weighted by Crippen LogP contribution is -2.50. The van der Waals surface area contributed by atoms with Crippen LogP contribution in [0.2, 0.25) is 0 Å². The van der Waals surface area contributed by atoms with E-state index in [9.17, 15) is 9.59 Å². The van der Waals surface area contributed by atoms with Gasteiger partial charge in [0, 0.05) is 13.0 Å². The van der Waals surface area contributed by atoms with Crippen LogP contribution in [-0.4, -0.2) is 35.7 Å². The van der Waals surface area contributed by atoms with Crippen molar-refractivity contribution in [3.63, 3.8) is 0 Å². The molecular weight excluding hydrogens is 294 g/mol. The Morgan fingerprint density at radius 1 is 1.30 bits per heavy atom. The summed E-state index contributed by atoms with van der Waals surface area (Å²) in [5, 5.41) is 11.9. The molecule has 5 nitrogen and oxygen atoms in total. The molecule has 2 rings (SSSR count). The maximum absolute atomic E-state index is 12.2. The van der Waals surface area contributed by atoms with Crippen LogP contribution in [0.1, 0.15) is 50.2 Å². The third-order valence-corrected chi connectivity index (χ3v) is 4.28. The molecule has 1 unspecified atom stereocenters. The van der Waals surface area contributed by atoms with Gasteiger partial charge in [-0.25, -0.2) is 0 Å². The average Bonchev–Trinajstić information content (AvgIpc) is 2.92. The summed E-state index contributed by atoms with van der Waals surface area (Å²) in [4.78, 5) is 23.2. The predicted molar refractivity (Wildman–Crippen MR) is 87.4 cm³/mol. The van der Waals surface area contributed by atoms with E-state index in [0.717, 1.165) is 5.56 Å². The van der Waals surface area contributed by atoms with E-state index in [1.165, 1.54) is 5.56 Å². The van der Waals surface area contributed by atoms with Crippen molar-refractivity contribution in [1.82, 2.24) is 5.32 Å². The summed E-state index contributed by atoms with van der Waals surface area (Å²) in [6.45, 7) is 5.06. The van der Waals surface area contributed by atoms with Gasteiger partial charge in [-0.05, 0) is 29.9 Å². The first kappa shape index (κ1) is 17.5. The van der Waals surface area contributed by atoms with E-state index in [1.54, 1.807) is 0 Å². The Morgan fingerprint density at radius 2 is 2.00 bits per heavy atom. The maximum atomic E-state index is 12.2. The van der Waals surface area contributed by atoms with Crippen LogP contribution in [0.5, 0.6) is 0 Å². The minimum Gasteiger partial charge on any atom is -0.481 e. The van der Waals surface area contributed by atoms with Gasteiger partial charge in [0.15, 0.2) is 0 Å². The number of aliphatic carboxylic acids is 1. The molecule has 1 aromatic carbocycles. The summed E-state index contributed by atoms with van der Waals surface area (Å²) in [7, 11) is 0. The standard InChI is InChI=1S/C18H25NO4/c1-13(2)15-6-3-14(4-7-15)5-8-16(20)19-18(11-17(21)22)9-10-23-12-18/h3-4,6-7,13H,5,8-12H2,1-2H3,(H,19,20)(H,21,22). The van der Waals surface area contributed by atoms with Crippen molar-refractivity contribution in [2.45, 2.75) is 51.0 Å².